The average molecular weight is 888 g/mol. The molecule has 0 fully saturated rings. The molecule has 0 amide bonds. The lowest BCUT2D eigenvalue weighted by atomic mass is 9.84. The first-order chi connectivity index (χ1) is 34.7. The maximum atomic E-state index is 5.73. The number of hydrogen-bond acceptors (Lipinski definition) is 1. The molecule has 0 N–H and O–H groups in total. The van der Waals surface area contributed by atoms with Gasteiger partial charge in [-0.2, -0.15) is 0 Å². The first kappa shape index (κ1) is 41.1. The molecule has 0 aliphatic rings. The molecule has 1 nitrogen and oxygen atoms in total. The standard InChI is InChI=1S/C69H45N/c1-5-22-46(23-6-1)50-40-51(47-24-7-2-8-25-47)43-54(42-50)66-56-30-13-17-34-60(56)68(61-35-18-14-31-57(61)66)64-38-21-39-65(70-64)69-62-36-19-15-32-58(62)67(59-33-16-20-37-63(59)69)55-44-52(48-26-9-3-10-27-48)41-53(45-55)49-28-11-4-12-29-49/h1-45H. The zero-order chi connectivity index (χ0) is 46.4. The van der Waals surface area contributed by atoms with Crippen molar-refractivity contribution in [1.29, 1.82) is 0 Å². The zero-order valence-electron chi connectivity index (χ0n) is 38.4. The van der Waals surface area contributed by atoms with Gasteiger partial charge in [-0.05, 0) is 158 Å². The summed E-state index contributed by atoms with van der Waals surface area (Å²) in [5.74, 6) is 0. The van der Waals surface area contributed by atoms with Gasteiger partial charge >= 0.3 is 0 Å². The molecule has 0 atom stereocenters. The average Bonchev–Trinajstić information content (AvgIpc) is 3.44. The van der Waals surface area contributed by atoms with Crippen LogP contribution in [0, 0.1) is 0 Å². The van der Waals surface area contributed by atoms with E-state index in [1.165, 1.54) is 110 Å². The molecule has 0 saturated carbocycles. The van der Waals surface area contributed by atoms with Crippen molar-refractivity contribution >= 4 is 43.1 Å². The van der Waals surface area contributed by atoms with Gasteiger partial charge in [0.05, 0.1) is 11.4 Å². The Morgan fingerprint density at radius 2 is 0.371 bits per heavy atom. The molecule has 0 aliphatic heterocycles. The molecule has 0 unspecified atom stereocenters. The lowest BCUT2D eigenvalue weighted by Crippen LogP contribution is -1.96. The Morgan fingerprint density at radius 1 is 0.157 bits per heavy atom. The Balaban J connectivity index is 1.03. The molecule has 0 saturated heterocycles. The summed E-state index contributed by atoms with van der Waals surface area (Å²) >= 11 is 0. The Hall–Kier alpha value is -9.17. The van der Waals surface area contributed by atoms with E-state index in [-0.39, 0.29) is 0 Å². The van der Waals surface area contributed by atoms with Gasteiger partial charge in [-0.15, -0.1) is 0 Å². The maximum absolute atomic E-state index is 5.73. The van der Waals surface area contributed by atoms with Gasteiger partial charge in [-0.25, -0.2) is 4.98 Å². The third-order valence-electron chi connectivity index (χ3n) is 14.0. The van der Waals surface area contributed by atoms with E-state index in [0.717, 1.165) is 22.5 Å². The minimum Gasteiger partial charge on any atom is -0.248 e. The van der Waals surface area contributed by atoms with Crippen LogP contribution >= 0.6 is 0 Å². The summed E-state index contributed by atoms with van der Waals surface area (Å²) in [6, 6.07) is 99.3. The third kappa shape index (κ3) is 7.24. The molecule has 70 heavy (non-hydrogen) atoms. The summed E-state index contributed by atoms with van der Waals surface area (Å²) < 4.78 is 0. The molecule has 1 heteroatoms. The van der Waals surface area contributed by atoms with Crippen LogP contribution in [0.25, 0.3) is 132 Å². The van der Waals surface area contributed by atoms with Crippen LogP contribution in [0.5, 0.6) is 0 Å². The number of hydrogen-bond donors (Lipinski definition) is 0. The van der Waals surface area contributed by atoms with E-state index in [9.17, 15) is 0 Å². The fourth-order valence-corrected chi connectivity index (χ4v) is 10.9. The van der Waals surface area contributed by atoms with Crippen molar-refractivity contribution < 1.29 is 0 Å². The minimum absolute atomic E-state index is 0.944. The Morgan fingerprint density at radius 3 is 0.629 bits per heavy atom. The molecule has 12 aromatic carbocycles. The van der Waals surface area contributed by atoms with E-state index >= 15 is 0 Å². The van der Waals surface area contributed by atoms with Crippen molar-refractivity contribution in [3.8, 4) is 89.3 Å². The van der Waals surface area contributed by atoms with E-state index in [0.29, 0.717) is 0 Å². The lowest BCUT2D eigenvalue weighted by Gasteiger charge is -2.20. The molecule has 0 radical (unpaired) electrons. The van der Waals surface area contributed by atoms with Crippen LogP contribution in [0.4, 0.5) is 0 Å². The molecular weight excluding hydrogens is 843 g/mol. The molecule has 13 aromatic rings. The summed E-state index contributed by atoms with van der Waals surface area (Å²) in [6.45, 7) is 0. The van der Waals surface area contributed by atoms with Crippen LogP contribution in [0.1, 0.15) is 0 Å². The van der Waals surface area contributed by atoms with Crippen LogP contribution < -0.4 is 0 Å². The summed E-state index contributed by atoms with van der Waals surface area (Å²) in [5.41, 5.74) is 18.5. The SMILES string of the molecule is c1ccc(-c2cc(-c3ccccc3)cc(-c3c4ccccc4c(-c4cccc(-c5c6ccccc6c(-c6cc(-c7ccccc7)cc(-c7ccccc7)c6)c6ccccc56)n4)c4ccccc34)c2)cc1. The fraction of sp³-hybridized carbons (Fsp3) is 0. The molecular formula is C69H45N. The topological polar surface area (TPSA) is 12.9 Å². The molecule has 0 spiro atoms. The van der Waals surface area contributed by atoms with Crippen molar-refractivity contribution in [2.24, 2.45) is 0 Å². The predicted molar refractivity (Wildman–Crippen MR) is 298 cm³/mol. The highest BCUT2D eigenvalue weighted by Crippen LogP contribution is 2.48. The molecule has 326 valence electrons. The van der Waals surface area contributed by atoms with Crippen LogP contribution in [0.15, 0.2) is 273 Å². The highest BCUT2D eigenvalue weighted by atomic mass is 14.7. The third-order valence-corrected chi connectivity index (χ3v) is 14.0. The molecule has 0 aliphatic carbocycles. The van der Waals surface area contributed by atoms with Gasteiger partial charge in [-0.3, -0.25) is 0 Å². The second-order valence-corrected chi connectivity index (χ2v) is 18.2. The van der Waals surface area contributed by atoms with E-state index in [2.05, 4.69) is 273 Å². The summed E-state index contributed by atoms with van der Waals surface area (Å²) in [6.07, 6.45) is 0. The molecule has 13 rings (SSSR count). The van der Waals surface area contributed by atoms with Crippen LogP contribution in [0.2, 0.25) is 0 Å². The van der Waals surface area contributed by atoms with Crippen molar-refractivity contribution in [2.45, 2.75) is 0 Å². The number of rotatable bonds is 8. The Kier molecular flexibility index (Phi) is 10.3. The zero-order valence-corrected chi connectivity index (χ0v) is 38.4. The van der Waals surface area contributed by atoms with Gasteiger partial charge in [0.2, 0.25) is 0 Å². The van der Waals surface area contributed by atoms with Crippen LogP contribution in [0.3, 0.4) is 0 Å². The summed E-state index contributed by atoms with van der Waals surface area (Å²) in [7, 11) is 0. The number of nitrogens with zero attached hydrogens (tertiary/aromatic N) is 1. The van der Waals surface area contributed by atoms with E-state index in [1.807, 2.05) is 0 Å². The van der Waals surface area contributed by atoms with Gasteiger partial charge < -0.3 is 0 Å². The quantitative estimate of drug-likeness (QED) is 0.139. The highest BCUT2D eigenvalue weighted by Gasteiger charge is 2.22. The Bertz CT molecular complexity index is 3590. The van der Waals surface area contributed by atoms with Gasteiger partial charge in [0.25, 0.3) is 0 Å². The van der Waals surface area contributed by atoms with Crippen molar-refractivity contribution in [3.63, 3.8) is 0 Å². The van der Waals surface area contributed by atoms with E-state index in [4.69, 9.17) is 4.98 Å². The molecule has 1 heterocycles. The highest BCUT2D eigenvalue weighted by molar-refractivity contribution is 6.23. The predicted octanol–water partition coefficient (Wildman–Crippen LogP) is 19.0. The lowest BCUT2D eigenvalue weighted by molar-refractivity contribution is 1.34. The first-order valence-electron chi connectivity index (χ1n) is 24.1. The van der Waals surface area contributed by atoms with Gasteiger partial charge in [0.15, 0.2) is 0 Å². The van der Waals surface area contributed by atoms with Crippen molar-refractivity contribution in [2.75, 3.05) is 0 Å². The second-order valence-electron chi connectivity index (χ2n) is 18.2. The molecule has 0 bridgehead atoms. The van der Waals surface area contributed by atoms with Crippen LogP contribution in [-0.2, 0) is 0 Å². The van der Waals surface area contributed by atoms with E-state index in [1.54, 1.807) is 0 Å². The van der Waals surface area contributed by atoms with Crippen LogP contribution in [-0.4, -0.2) is 4.98 Å². The first-order valence-corrected chi connectivity index (χ1v) is 24.1. The van der Waals surface area contributed by atoms with Gasteiger partial charge in [0.1, 0.15) is 0 Å². The van der Waals surface area contributed by atoms with Gasteiger partial charge in [-0.1, -0.05) is 224 Å². The van der Waals surface area contributed by atoms with E-state index < -0.39 is 0 Å². The second kappa shape index (κ2) is 17.5. The Labute approximate surface area is 408 Å². The summed E-state index contributed by atoms with van der Waals surface area (Å²) in [5, 5.41) is 9.46. The van der Waals surface area contributed by atoms with Crippen molar-refractivity contribution in [3.05, 3.63) is 273 Å². The van der Waals surface area contributed by atoms with Crippen molar-refractivity contribution in [1.82, 2.24) is 4.98 Å². The largest absolute Gasteiger partial charge is 0.248 e. The smallest absolute Gasteiger partial charge is 0.0722 e. The molecule has 1 aromatic heterocycles. The van der Waals surface area contributed by atoms with Gasteiger partial charge in [0, 0.05) is 11.1 Å². The number of fused-ring (bicyclic) bond motifs is 4. The normalized spacial score (nSPS) is 11.4. The maximum Gasteiger partial charge on any atom is 0.0722 e. The number of benzene rings is 12. The monoisotopic (exact) mass is 887 g/mol. The minimum atomic E-state index is 0.944. The fourth-order valence-electron chi connectivity index (χ4n) is 10.9. The number of aromatic nitrogens is 1. The number of pyridine rings is 1. The summed E-state index contributed by atoms with van der Waals surface area (Å²) in [4.78, 5) is 5.73.